The molecule has 0 atom stereocenters. The van der Waals surface area contributed by atoms with Gasteiger partial charge in [0.05, 0.1) is 5.52 Å². The van der Waals surface area contributed by atoms with Crippen molar-refractivity contribution in [2.45, 2.75) is 6.42 Å². The molecule has 6 heteroatoms. The van der Waals surface area contributed by atoms with Crippen molar-refractivity contribution < 1.29 is 4.79 Å². The quantitative estimate of drug-likeness (QED) is 0.473. The third-order valence-electron chi connectivity index (χ3n) is 4.73. The highest BCUT2D eigenvalue weighted by Crippen LogP contribution is 2.32. The van der Waals surface area contributed by atoms with Crippen LogP contribution in [-0.4, -0.2) is 16.1 Å². The van der Waals surface area contributed by atoms with Crippen molar-refractivity contribution in [3.8, 4) is 11.1 Å². The zero-order valence-electron chi connectivity index (χ0n) is 14.9. The van der Waals surface area contributed by atoms with E-state index in [1.807, 2.05) is 61.0 Å². The number of anilines is 1. The number of hydrogen-bond acceptors (Lipinski definition) is 3. The summed E-state index contributed by atoms with van der Waals surface area (Å²) in [6, 6.07) is 19.1. The van der Waals surface area contributed by atoms with E-state index < -0.39 is 5.91 Å². The second-order valence-corrected chi connectivity index (χ2v) is 6.95. The third kappa shape index (κ3) is 3.44. The average Bonchev–Trinajstić information content (AvgIpc) is 3.07. The van der Waals surface area contributed by atoms with E-state index in [0.717, 1.165) is 33.2 Å². The van der Waals surface area contributed by atoms with E-state index in [0.29, 0.717) is 22.8 Å². The second kappa shape index (κ2) is 7.37. The number of benzene rings is 3. The number of aromatic amines is 1. The summed E-state index contributed by atoms with van der Waals surface area (Å²) in [6.45, 7) is 0. The Bertz CT molecular complexity index is 1180. The molecule has 1 heterocycles. The van der Waals surface area contributed by atoms with Crippen molar-refractivity contribution in [3.63, 3.8) is 0 Å². The summed E-state index contributed by atoms with van der Waals surface area (Å²) in [4.78, 5) is 11.6. The van der Waals surface area contributed by atoms with E-state index in [4.69, 9.17) is 23.1 Å². The Balaban J connectivity index is 1.63. The summed E-state index contributed by atoms with van der Waals surface area (Å²) in [5.41, 5.74) is 16.5. The summed E-state index contributed by atoms with van der Waals surface area (Å²) < 4.78 is 0. The molecule has 0 saturated heterocycles. The van der Waals surface area contributed by atoms with E-state index >= 15 is 0 Å². The van der Waals surface area contributed by atoms with Gasteiger partial charge >= 0.3 is 0 Å². The highest BCUT2D eigenvalue weighted by molar-refractivity contribution is 6.33. The number of aromatic nitrogens is 2. The lowest BCUT2D eigenvalue weighted by atomic mass is 9.96. The number of nitrogens with two attached hydrogens (primary N) is 2. The van der Waals surface area contributed by atoms with E-state index in [-0.39, 0.29) is 0 Å². The molecule has 0 aliphatic rings. The van der Waals surface area contributed by atoms with Crippen molar-refractivity contribution in [3.05, 3.63) is 88.8 Å². The monoisotopic (exact) mass is 389 g/mol. The Kier molecular flexibility index (Phi) is 4.75. The number of nitrogens with one attached hydrogen (secondary N) is 1. The van der Waals surface area contributed by atoms with Gasteiger partial charge in [-0.1, -0.05) is 41.9 Å². The molecule has 1 aromatic heterocycles. The van der Waals surface area contributed by atoms with E-state index in [9.17, 15) is 4.79 Å². The van der Waals surface area contributed by atoms with E-state index in [1.54, 1.807) is 6.07 Å². The average molecular weight is 390 g/mol. The predicted octanol–water partition coefficient (Wildman–Crippen LogP) is 4.36. The molecular formula is C22H18ClN4O. The number of rotatable bonds is 5. The molecule has 4 aromatic rings. The molecule has 28 heavy (non-hydrogen) atoms. The Morgan fingerprint density at radius 2 is 1.93 bits per heavy atom. The first-order chi connectivity index (χ1) is 13.5. The number of amides is 1. The predicted molar refractivity (Wildman–Crippen MR) is 113 cm³/mol. The van der Waals surface area contributed by atoms with Crippen LogP contribution >= 0.6 is 11.6 Å². The third-order valence-corrected chi connectivity index (χ3v) is 5.06. The van der Waals surface area contributed by atoms with Crippen LogP contribution in [0.25, 0.3) is 22.0 Å². The van der Waals surface area contributed by atoms with Gasteiger partial charge in [-0.2, -0.15) is 5.10 Å². The van der Waals surface area contributed by atoms with Crippen molar-refractivity contribution in [2.75, 3.05) is 5.73 Å². The van der Waals surface area contributed by atoms with E-state index in [2.05, 4.69) is 10.2 Å². The molecule has 1 radical (unpaired) electrons. The smallest absolute Gasteiger partial charge is 0.248 e. The molecule has 139 valence electrons. The fraction of sp³-hybridized carbons (Fsp3) is 0.0455. The van der Waals surface area contributed by atoms with Gasteiger partial charge in [-0.05, 0) is 59.9 Å². The normalized spacial score (nSPS) is 11.0. The van der Waals surface area contributed by atoms with Gasteiger partial charge in [0.2, 0.25) is 5.91 Å². The molecule has 5 nitrogen and oxygen atoms in total. The molecular weight excluding hydrogens is 372 g/mol. The number of H-pyrrole nitrogens is 1. The largest absolute Gasteiger partial charge is 0.382 e. The zero-order chi connectivity index (χ0) is 19.7. The van der Waals surface area contributed by atoms with Crippen LogP contribution in [0.5, 0.6) is 0 Å². The van der Waals surface area contributed by atoms with Crippen molar-refractivity contribution in [1.82, 2.24) is 10.2 Å². The minimum atomic E-state index is -0.423. The second-order valence-electron chi connectivity index (χ2n) is 6.54. The topological polar surface area (TPSA) is 97.8 Å². The zero-order valence-corrected chi connectivity index (χ0v) is 15.7. The highest BCUT2D eigenvalue weighted by atomic mass is 35.5. The van der Waals surface area contributed by atoms with Crippen LogP contribution in [0, 0.1) is 6.42 Å². The number of primary amides is 1. The van der Waals surface area contributed by atoms with Crippen LogP contribution < -0.4 is 11.5 Å². The lowest BCUT2D eigenvalue weighted by Gasteiger charge is -2.10. The van der Waals surface area contributed by atoms with Crippen LogP contribution in [0.3, 0.4) is 0 Å². The fourth-order valence-corrected chi connectivity index (χ4v) is 3.49. The van der Waals surface area contributed by atoms with E-state index in [1.165, 1.54) is 0 Å². The number of hydrogen-bond donors (Lipinski definition) is 3. The fourth-order valence-electron chi connectivity index (χ4n) is 3.27. The molecule has 3 aromatic carbocycles. The minimum Gasteiger partial charge on any atom is -0.382 e. The number of carbonyl (C=O) groups is 1. The highest BCUT2D eigenvalue weighted by Gasteiger charge is 2.11. The maximum Gasteiger partial charge on any atom is 0.248 e. The molecule has 1 amide bonds. The molecule has 0 fully saturated rings. The number of carbonyl (C=O) groups excluding carboxylic acids is 1. The lowest BCUT2D eigenvalue weighted by molar-refractivity contribution is 0.0999. The summed E-state index contributed by atoms with van der Waals surface area (Å²) in [7, 11) is 0. The maximum absolute atomic E-state index is 11.6. The molecule has 0 spiro atoms. The van der Waals surface area contributed by atoms with Crippen LogP contribution in [0.15, 0.2) is 60.7 Å². The van der Waals surface area contributed by atoms with Crippen molar-refractivity contribution in [2.24, 2.45) is 5.73 Å². The van der Waals surface area contributed by atoms with Gasteiger partial charge < -0.3 is 11.5 Å². The molecule has 0 aliphatic carbocycles. The first kappa shape index (κ1) is 18.1. The van der Waals surface area contributed by atoms with Gasteiger partial charge in [0.25, 0.3) is 0 Å². The van der Waals surface area contributed by atoms with Crippen LogP contribution in [-0.2, 0) is 6.42 Å². The summed E-state index contributed by atoms with van der Waals surface area (Å²) in [6.07, 6.45) is 2.64. The molecule has 5 N–H and O–H groups in total. The molecule has 0 unspecified atom stereocenters. The first-order valence-corrected chi connectivity index (χ1v) is 9.15. The Labute approximate surface area is 167 Å². The molecule has 0 aliphatic heterocycles. The number of fused-ring (bicyclic) bond motifs is 1. The number of halogens is 1. The summed E-state index contributed by atoms with van der Waals surface area (Å²) >= 11 is 6.45. The van der Waals surface area contributed by atoms with Gasteiger partial charge in [-0.15, -0.1) is 0 Å². The maximum atomic E-state index is 11.6. The van der Waals surface area contributed by atoms with Gasteiger partial charge in [0.15, 0.2) is 5.82 Å². The van der Waals surface area contributed by atoms with Gasteiger partial charge in [-0.25, -0.2) is 0 Å². The van der Waals surface area contributed by atoms with Gasteiger partial charge in [-0.3, -0.25) is 9.89 Å². The standard InChI is InChI=1S/C22H18ClN4O/c23-19-10-6-13(5-7-14-3-1-2-4-16(14)22(25)28)11-18(19)15-8-9-17-20(12-15)26-27-21(17)24/h1-6,8-12H,7H2,(H2,25,28)(H3,24,26,27). The molecule has 0 saturated carbocycles. The van der Waals surface area contributed by atoms with Gasteiger partial charge in [0, 0.05) is 21.5 Å². The SMILES string of the molecule is NC(=O)c1ccccc1C[CH]c1ccc(Cl)c(-c2ccc3c(N)n[nH]c3c2)c1. The molecule has 0 bridgehead atoms. The van der Waals surface area contributed by atoms with Crippen LogP contribution in [0.4, 0.5) is 5.82 Å². The Morgan fingerprint density at radius 1 is 1.11 bits per heavy atom. The lowest BCUT2D eigenvalue weighted by Crippen LogP contribution is -2.13. The van der Waals surface area contributed by atoms with Gasteiger partial charge in [0.1, 0.15) is 0 Å². The first-order valence-electron chi connectivity index (χ1n) is 8.77. The van der Waals surface area contributed by atoms with Crippen molar-refractivity contribution in [1.29, 1.82) is 0 Å². The molecule has 4 rings (SSSR count). The van der Waals surface area contributed by atoms with Crippen LogP contribution in [0.2, 0.25) is 5.02 Å². The summed E-state index contributed by atoms with van der Waals surface area (Å²) in [5, 5.41) is 8.49. The Hall–Kier alpha value is -3.31. The number of nitrogen functional groups attached to an aromatic ring is 1. The van der Waals surface area contributed by atoms with Crippen LogP contribution in [0.1, 0.15) is 21.5 Å². The number of nitrogens with zero attached hydrogens (tertiary/aromatic N) is 1. The minimum absolute atomic E-state index is 0.423. The van der Waals surface area contributed by atoms with Crippen molar-refractivity contribution >= 4 is 34.2 Å². The summed E-state index contributed by atoms with van der Waals surface area (Å²) in [5.74, 6) is 0.0516. The Morgan fingerprint density at radius 3 is 2.75 bits per heavy atom.